The van der Waals surface area contributed by atoms with Gasteiger partial charge in [-0.15, -0.1) is 0 Å². The predicted molar refractivity (Wildman–Crippen MR) is 69.8 cm³/mol. The number of rotatable bonds is 4. The molecule has 0 amide bonds. The standard InChI is InChI=1S/C9H12N5O5P/c10-9-12-7-6(8(16)13-9)11-4-14(7)3-5(15)1-2-20(17,18)19/h1-2,4-5,15H,3H2,(H2,17,18,19)(H3,10,12,13,16)/b2-1+. The van der Waals surface area contributed by atoms with Gasteiger partial charge < -0.3 is 25.2 Å². The van der Waals surface area contributed by atoms with E-state index in [4.69, 9.17) is 15.5 Å². The van der Waals surface area contributed by atoms with Gasteiger partial charge in [-0.1, -0.05) is 0 Å². The second-order valence-electron chi connectivity index (χ2n) is 4.02. The van der Waals surface area contributed by atoms with Gasteiger partial charge >= 0.3 is 7.60 Å². The summed E-state index contributed by atoms with van der Waals surface area (Å²) in [4.78, 5) is 38.8. The summed E-state index contributed by atoms with van der Waals surface area (Å²) >= 11 is 0. The van der Waals surface area contributed by atoms with E-state index in [1.54, 1.807) is 0 Å². The molecule has 11 heteroatoms. The number of aliphatic hydroxyl groups is 1. The first kappa shape index (κ1) is 14.4. The average Bonchev–Trinajstić information content (AvgIpc) is 2.69. The van der Waals surface area contributed by atoms with Gasteiger partial charge in [0.15, 0.2) is 11.2 Å². The van der Waals surface area contributed by atoms with Gasteiger partial charge in [-0.05, 0) is 6.08 Å². The van der Waals surface area contributed by atoms with Crippen LogP contribution in [0.5, 0.6) is 0 Å². The highest BCUT2D eigenvalue weighted by Crippen LogP contribution is 2.36. The van der Waals surface area contributed by atoms with Crippen LogP contribution in [0, 0.1) is 0 Å². The first-order valence-corrected chi connectivity index (χ1v) is 7.08. The molecule has 20 heavy (non-hydrogen) atoms. The Labute approximate surface area is 111 Å². The van der Waals surface area contributed by atoms with Crippen molar-refractivity contribution in [2.24, 2.45) is 0 Å². The fourth-order valence-corrected chi connectivity index (χ4v) is 2.00. The van der Waals surface area contributed by atoms with Crippen molar-refractivity contribution >= 4 is 24.7 Å². The second-order valence-corrected chi connectivity index (χ2v) is 5.49. The first-order valence-electron chi connectivity index (χ1n) is 5.39. The van der Waals surface area contributed by atoms with E-state index in [0.717, 1.165) is 6.08 Å². The Morgan fingerprint density at radius 2 is 2.25 bits per heavy atom. The number of aromatic amines is 1. The zero-order chi connectivity index (χ0) is 14.9. The molecule has 2 aromatic heterocycles. The molecule has 0 aliphatic rings. The van der Waals surface area contributed by atoms with Crippen molar-refractivity contribution in [1.29, 1.82) is 0 Å². The molecule has 2 aromatic rings. The molecule has 0 spiro atoms. The summed E-state index contributed by atoms with van der Waals surface area (Å²) in [6, 6.07) is 0. The molecule has 0 aliphatic carbocycles. The normalized spacial score (nSPS) is 14.2. The molecule has 6 N–H and O–H groups in total. The average molecular weight is 301 g/mol. The molecular formula is C9H12N5O5P. The maximum absolute atomic E-state index is 11.5. The fraction of sp³-hybridized carbons (Fsp3) is 0.222. The number of fused-ring (bicyclic) bond motifs is 1. The Balaban J connectivity index is 2.29. The molecule has 108 valence electrons. The largest absolute Gasteiger partial charge is 0.387 e. The summed E-state index contributed by atoms with van der Waals surface area (Å²) in [5.41, 5.74) is 5.14. The Morgan fingerprint density at radius 1 is 1.55 bits per heavy atom. The third-order valence-electron chi connectivity index (χ3n) is 2.38. The van der Waals surface area contributed by atoms with Crippen molar-refractivity contribution in [3.63, 3.8) is 0 Å². The van der Waals surface area contributed by atoms with E-state index in [9.17, 15) is 14.5 Å². The SMILES string of the molecule is Nc1nc2c(ncn2CC(O)/C=C/P(=O)(O)O)c(=O)[nH]1. The predicted octanol–water partition coefficient (Wildman–Crippen LogP) is -1.25. The van der Waals surface area contributed by atoms with Crippen molar-refractivity contribution in [2.45, 2.75) is 12.6 Å². The van der Waals surface area contributed by atoms with Crippen LogP contribution in [0.2, 0.25) is 0 Å². The van der Waals surface area contributed by atoms with Crippen LogP contribution in [0.3, 0.4) is 0 Å². The molecule has 2 rings (SSSR count). The zero-order valence-electron chi connectivity index (χ0n) is 10.0. The highest BCUT2D eigenvalue weighted by molar-refractivity contribution is 7.55. The zero-order valence-corrected chi connectivity index (χ0v) is 10.9. The number of aliphatic hydroxyl groups excluding tert-OH is 1. The van der Waals surface area contributed by atoms with Gasteiger partial charge in [0.25, 0.3) is 5.56 Å². The van der Waals surface area contributed by atoms with Crippen LogP contribution in [-0.4, -0.2) is 40.5 Å². The van der Waals surface area contributed by atoms with Gasteiger partial charge in [-0.25, -0.2) is 4.98 Å². The monoisotopic (exact) mass is 301 g/mol. The number of hydrogen-bond donors (Lipinski definition) is 5. The highest BCUT2D eigenvalue weighted by Gasteiger charge is 2.12. The summed E-state index contributed by atoms with van der Waals surface area (Å²) in [7, 11) is -4.33. The van der Waals surface area contributed by atoms with Gasteiger partial charge in [0.05, 0.1) is 19.0 Å². The molecule has 0 saturated heterocycles. The van der Waals surface area contributed by atoms with E-state index >= 15 is 0 Å². The van der Waals surface area contributed by atoms with Crippen molar-refractivity contribution in [2.75, 3.05) is 5.73 Å². The maximum Gasteiger partial charge on any atom is 0.348 e. The second kappa shape index (κ2) is 5.17. The smallest absolute Gasteiger partial charge is 0.348 e. The summed E-state index contributed by atoms with van der Waals surface area (Å²) < 4.78 is 12.0. The maximum atomic E-state index is 11.5. The number of imidazole rings is 1. The molecule has 0 saturated carbocycles. The van der Waals surface area contributed by atoms with Crippen molar-refractivity contribution in [1.82, 2.24) is 19.5 Å². The number of nitrogens with one attached hydrogen (secondary N) is 1. The van der Waals surface area contributed by atoms with E-state index in [2.05, 4.69) is 15.0 Å². The number of hydrogen-bond acceptors (Lipinski definition) is 6. The van der Waals surface area contributed by atoms with Gasteiger partial charge in [0.1, 0.15) is 0 Å². The lowest BCUT2D eigenvalue weighted by atomic mass is 10.3. The summed E-state index contributed by atoms with van der Waals surface area (Å²) in [5.74, 6) is 0.510. The molecule has 2 heterocycles. The molecule has 0 fully saturated rings. The Hall–Kier alpha value is -2.00. The van der Waals surface area contributed by atoms with Crippen LogP contribution in [0.15, 0.2) is 23.0 Å². The number of anilines is 1. The Morgan fingerprint density at radius 3 is 2.90 bits per heavy atom. The van der Waals surface area contributed by atoms with Crippen LogP contribution in [0.1, 0.15) is 0 Å². The summed E-state index contributed by atoms with van der Waals surface area (Å²) in [6.45, 7) is -0.0805. The highest BCUT2D eigenvalue weighted by atomic mass is 31.2. The lowest BCUT2D eigenvalue weighted by Crippen LogP contribution is -2.15. The third kappa shape index (κ3) is 3.31. The molecule has 1 unspecified atom stereocenters. The number of aromatic nitrogens is 4. The number of nitrogens with zero attached hydrogens (tertiary/aromatic N) is 3. The van der Waals surface area contributed by atoms with E-state index in [1.165, 1.54) is 10.9 Å². The summed E-state index contributed by atoms with van der Waals surface area (Å²) in [6.07, 6.45) is 1.06. The molecule has 10 nitrogen and oxygen atoms in total. The van der Waals surface area contributed by atoms with E-state index in [1.807, 2.05) is 0 Å². The lowest BCUT2D eigenvalue weighted by molar-refractivity contribution is 0.202. The lowest BCUT2D eigenvalue weighted by Gasteiger charge is -2.07. The molecule has 0 aliphatic heterocycles. The van der Waals surface area contributed by atoms with Gasteiger partial charge in [-0.2, -0.15) is 4.98 Å². The van der Waals surface area contributed by atoms with Gasteiger partial charge in [0.2, 0.25) is 5.95 Å². The van der Waals surface area contributed by atoms with Crippen LogP contribution in [0.4, 0.5) is 5.95 Å². The first-order chi connectivity index (χ1) is 9.26. The van der Waals surface area contributed by atoms with Crippen molar-refractivity contribution in [3.05, 3.63) is 28.6 Å². The van der Waals surface area contributed by atoms with E-state index < -0.39 is 19.3 Å². The molecular weight excluding hydrogens is 289 g/mol. The van der Waals surface area contributed by atoms with Crippen LogP contribution < -0.4 is 11.3 Å². The quantitative estimate of drug-likeness (QED) is 0.437. The Bertz CT molecular complexity index is 760. The summed E-state index contributed by atoms with van der Waals surface area (Å²) in [5, 5.41) is 9.66. The van der Waals surface area contributed by atoms with E-state index in [0.29, 0.717) is 5.82 Å². The topological polar surface area (TPSA) is 167 Å². The molecule has 0 aromatic carbocycles. The van der Waals surface area contributed by atoms with E-state index in [-0.39, 0.29) is 23.7 Å². The van der Waals surface area contributed by atoms with Crippen LogP contribution in [-0.2, 0) is 11.1 Å². The van der Waals surface area contributed by atoms with Crippen molar-refractivity contribution < 1.29 is 19.5 Å². The number of nitrogens with two attached hydrogens (primary N) is 1. The van der Waals surface area contributed by atoms with Crippen LogP contribution in [0.25, 0.3) is 11.2 Å². The van der Waals surface area contributed by atoms with Gasteiger partial charge in [0, 0.05) is 5.82 Å². The third-order valence-corrected chi connectivity index (χ3v) is 2.94. The minimum absolute atomic E-state index is 0.0605. The molecule has 1 atom stereocenters. The molecule has 0 radical (unpaired) electrons. The minimum Gasteiger partial charge on any atom is -0.387 e. The number of H-pyrrole nitrogens is 1. The molecule has 0 bridgehead atoms. The number of nitrogen functional groups attached to an aromatic ring is 1. The fourth-order valence-electron chi connectivity index (χ4n) is 1.58. The van der Waals surface area contributed by atoms with Crippen LogP contribution >= 0.6 is 7.60 Å². The van der Waals surface area contributed by atoms with Gasteiger partial charge in [-0.3, -0.25) is 14.3 Å². The van der Waals surface area contributed by atoms with Crippen molar-refractivity contribution in [3.8, 4) is 0 Å². The minimum atomic E-state index is -4.33. The Kier molecular flexibility index (Phi) is 3.73.